The second kappa shape index (κ2) is 20.0. The minimum absolute atomic E-state index is 0.0259. The molecule has 0 spiro atoms. The highest BCUT2D eigenvalue weighted by Gasteiger charge is 2.30. The van der Waals surface area contributed by atoms with E-state index in [1.54, 1.807) is 18.2 Å². The molecule has 0 heterocycles. The zero-order valence-electron chi connectivity index (χ0n) is 22.0. The maximum absolute atomic E-state index is 13.0. The van der Waals surface area contributed by atoms with Crippen molar-refractivity contribution in [3.8, 4) is 0 Å². The van der Waals surface area contributed by atoms with Crippen molar-refractivity contribution in [2.75, 3.05) is 69.2 Å². The van der Waals surface area contributed by atoms with Gasteiger partial charge in [0.05, 0.1) is 63.1 Å². The van der Waals surface area contributed by atoms with Gasteiger partial charge in [0.1, 0.15) is 6.61 Å². The summed E-state index contributed by atoms with van der Waals surface area (Å²) in [5.74, 6) is -0.609. The quantitative estimate of drug-likeness (QED) is 0.0691. The number of para-hydroxylation sites is 1. The Kier molecular flexibility index (Phi) is 17.1. The molecule has 2 rings (SSSR count). The van der Waals surface area contributed by atoms with Crippen LogP contribution in [-0.4, -0.2) is 69.9 Å². The van der Waals surface area contributed by atoms with Crippen molar-refractivity contribution in [2.45, 2.75) is 31.9 Å². The minimum Gasteiger partial charge on any atom is -0.460 e. The van der Waals surface area contributed by atoms with E-state index in [9.17, 15) is 18.0 Å². The molecule has 0 aliphatic heterocycles. The number of alkyl halides is 4. The summed E-state index contributed by atoms with van der Waals surface area (Å²) >= 11 is 2.39. The number of hydrogen-bond donors (Lipinski definition) is 1. The maximum Gasteiger partial charge on any atom is 0.416 e. The third-order valence-electron chi connectivity index (χ3n) is 5.37. The lowest BCUT2D eigenvalue weighted by molar-refractivity contribution is -0.137. The first-order valence-electron chi connectivity index (χ1n) is 13.0. The van der Waals surface area contributed by atoms with E-state index in [1.165, 1.54) is 41.9 Å². The average molecular weight is 668 g/mol. The molecule has 0 bridgehead atoms. The highest BCUT2D eigenvalue weighted by atomic mass is 127. The molecule has 218 valence electrons. The molecule has 0 fully saturated rings. The van der Waals surface area contributed by atoms with Gasteiger partial charge >= 0.3 is 12.1 Å². The van der Waals surface area contributed by atoms with Gasteiger partial charge in [0.15, 0.2) is 0 Å². The van der Waals surface area contributed by atoms with Gasteiger partial charge in [0.25, 0.3) is 0 Å². The van der Waals surface area contributed by atoms with Gasteiger partial charge in [0.2, 0.25) is 0 Å². The minimum atomic E-state index is -4.46. The fourth-order valence-electron chi connectivity index (χ4n) is 3.38. The summed E-state index contributed by atoms with van der Waals surface area (Å²) in [6, 6.07) is 11.2. The zero-order valence-corrected chi connectivity index (χ0v) is 24.1. The Morgan fingerprint density at radius 2 is 1.31 bits per heavy atom. The van der Waals surface area contributed by atoms with Crippen LogP contribution in [0.3, 0.4) is 0 Å². The monoisotopic (exact) mass is 667 g/mol. The van der Waals surface area contributed by atoms with Gasteiger partial charge < -0.3 is 29.0 Å². The molecular formula is C28H37F3INO6. The Hall–Kier alpha value is -1.93. The number of anilines is 2. The van der Waals surface area contributed by atoms with Crippen molar-refractivity contribution in [1.29, 1.82) is 0 Å². The molecule has 0 aliphatic carbocycles. The van der Waals surface area contributed by atoms with Gasteiger partial charge in [-0.2, -0.15) is 13.2 Å². The van der Waals surface area contributed by atoms with Gasteiger partial charge in [-0.05, 0) is 47.6 Å². The zero-order chi connectivity index (χ0) is 28.2. The van der Waals surface area contributed by atoms with E-state index in [4.69, 9.17) is 23.7 Å². The number of unbranched alkanes of at least 4 members (excludes halogenated alkanes) is 3. The molecule has 0 amide bonds. The number of benzene rings is 2. The molecule has 1 N–H and O–H groups in total. The Morgan fingerprint density at radius 1 is 0.718 bits per heavy atom. The first-order valence-corrected chi connectivity index (χ1v) is 14.5. The second-order valence-corrected chi connectivity index (χ2v) is 9.52. The Morgan fingerprint density at radius 3 is 1.95 bits per heavy atom. The molecule has 0 aliphatic rings. The van der Waals surface area contributed by atoms with Crippen LogP contribution in [-0.2, 0) is 29.9 Å². The molecule has 11 heteroatoms. The summed E-state index contributed by atoms with van der Waals surface area (Å²) in [7, 11) is 0. The van der Waals surface area contributed by atoms with Crippen molar-refractivity contribution in [3.05, 3.63) is 59.7 Å². The van der Waals surface area contributed by atoms with E-state index in [2.05, 4.69) is 27.9 Å². The van der Waals surface area contributed by atoms with E-state index in [1.807, 2.05) is 0 Å². The van der Waals surface area contributed by atoms with Crippen LogP contribution in [0.2, 0.25) is 0 Å². The summed E-state index contributed by atoms with van der Waals surface area (Å²) in [4.78, 5) is 12.5. The molecule has 0 aromatic heterocycles. The van der Waals surface area contributed by atoms with Crippen LogP contribution >= 0.6 is 22.6 Å². The van der Waals surface area contributed by atoms with Crippen LogP contribution in [0.25, 0.3) is 0 Å². The van der Waals surface area contributed by atoms with Crippen LogP contribution in [0, 0.1) is 0 Å². The van der Waals surface area contributed by atoms with Crippen LogP contribution < -0.4 is 5.32 Å². The standard InChI is InChI=1S/C28H37F3INO6/c29-28(30,31)23-8-7-9-24(22-23)33-26-11-4-3-10-25(26)27(34)39-21-20-38-19-18-37-17-16-36-15-14-35-13-6-2-1-5-12-32/h3-4,7-11,22,33H,1-2,5-6,12-21H2. The number of halogens is 4. The Balaban J connectivity index is 1.52. The molecule has 39 heavy (non-hydrogen) atoms. The summed E-state index contributed by atoms with van der Waals surface area (Å²) in [6.07, 6.45) is 0.368. The van der Waals surface area contributed by atoms with E-state index >= 15 is 0 Å². The molecule has 2 aromatic rings. The maximum atomic E-state index is 13.0. The first kappa shape index (κ1) is 33.3. The van der Waals surface area contributed by atoms with E-state index in [0.29, 0.717) is 45.3 Å². The number of carbonyl (C=O) groups is 1. The third-order valence-corrected chi connectivity index (χ3v) is 6.13. The van der Waals surface area contributed by atoms with Crippen LogP contribution in [0.15, 0.2) is 48.5 Å². The second-order valence-electron chi connectivity index (χ2n) is 8.44. The number of rotatable bonds is 21. The van der Waals surface area contributed by atoms with Gasteiger partial charge in [-0.1, -0.05) is 53.6 Å². The predicted molar refractivity (Wildman–Crippen MR) is 152 cm³/mol. The fraction of sp³-hybridized carbons (Fsp3) is 0.536. The lowest BCUT2D eigenvalue weighted by atomic mass is 10.1. The summed E-state index contributed by atoms with van der Waals surface area (Å²) in [6.45, 7) is 3.76. The van der Waals surface area contributed by atoms with E-state index in [0.717, 1.165) is 25.2 Å². The number of esters is 1. The molecule has 0 radical (unpaired) electrons. The van der Waals surface area contributed by atoms with Gasteiger partial charge in [-0.3, -0.25) is 0 Å². The molecular weight excluding hydrogens is 630 g/mol. The SMILES string of the molecule is O=C(OCCOCCOCCOCCOCCCCCCI)c1ccccc1Nc1cccc(C(F)(F)F)c1. The van der Waals surface area contributed by atoms with Gasteiger partial charge in [0, 0.05) is 12.3 Å². The lowest BCUT2D eigenvalue weighted by Crippen LogP contribution is -2.15. The Labute approximate surface area is 241 Å². The summed E-state index contributed by atoms with van der Waals surface area (Å²) in [5, 5.41) is 2.86. The third kappa shape index (κ3) is 14.9. The molecule has 0 atom stereocenters. The van der Waals surface area contributed by atoms with Crippen molar-refractivity contribution in [2.24, 2.45) is 0 Å². The highest BCUT2D eigenvalue weighted by Crippen LogP contribution is 2.32. The number of ether oxygens (including phenoxy) is 5. The van der Waals surface area contributed by atoms with Crippen LogP contribution in [0.4, 0.5) is 24.5 Å². The smallest absolute Gasteiger partial charge is 0.416 e. The topological polar surface area (TPSA) is 75.3 Å². The van der Waals surface area contributed by atoms with Crippen LogP contribution in [0.5, 0.6) is 0 Å². The number of carbonyl (C=O) groups excluding carboxylic acids is 1. The highest BCUT2D eigenvalue weighted by molar-refractivity contribution is 14.1. The fourth-order valence-corrected chi connectivity index (χ4v) is 3.92. The normalized spacial score (nSPS) is 11.5. The van der Waals surface area contributed by atoms with Gasteiger partial charge in [-0.15, -0.1) is 0 Å². The predicted octanol–water partition coefficient (Wildman–Crippen LogP) is 6.67. The Bertz CT molecular complexity index is 948. The van der Waals surface area contributed by atoms with E-state index < -0.39 is 17.7 Å². The van der Waals surface area contributed by atoms with Crippen molar-refractivity contribution in [1.82, 2.24) is 0 Å². The van der Waals surface area contributed by atoms with Crippen molar-refractivity contribution in [3.63, 3.8) is 0 Å². The lowest BCUT2D eigenvalue weighted by Gasteiger charge is -2.13. The van der Waals surface area contributed by atoms with Gasteiger partial charge in [-0.25, -0.2) is 4.79 Å². The molecule has 0 saturated heterocycles. The molecule has 0 saturated carbocycles. The first-order chi connectivity index (χ1) is 18.9. The van der Waals surface area contributed by atoms with Crippen LogP contribution in [0.1, 0.15) is 41.6 Å². The van der Waals surface area contributed by atoms with Crippen molar-refractivity contribution < 1.29 is 41.7 Å². The molecule has 2 aromatic carbocycles. The van der Waals surface area contributed by atoms with Crippen molar-refractivity contribution >= 4 is 39.9 Å². The number of hydrogen-bond acceptors (Lipinski definition) is 7. The van der Waals surface area contributed by atoms with E-state index in [-0.39, 0.29) is 24.5 Å². The number of nitrogens with one attached hydrogen (secondary N) is 1. The summed E-state index contributed by atoms with van der Waals surface area (Å²) in [5.41, 5.74) is -0.0306. The molecule has 7 nitrogen and oxygen atoms in total. The molecule has 0 unspecified atom stereocenters. The largest absolute Gasteiger partial charge is 0.460 e. The average Bonchev–Trinajstić information content (AvgIpc) is 2.92. The summed E-state index contributed by atoms with van der Waals surface area (Å²) < 4.78 is 67.3.